The molecule has 0 bridgehead atoms. The van der Waals surface area contributed by atoms with Crippen LogP contribution in [-0.2, 0) is 20.8 Å². The molecule has 3 rings (SSSR count). The molecular weight excluding hydrogens is 500 g/mol. The fourth-order valence-electron chi connectivity index (χ4n) is 3.07. The number of carbonyl (C=O) groups is 1. The number of halogens is 5. The van der Waals surface area contributed by atoms with Crippen molar-refractivity contribution in [1.29, 1.82) is 0 Å². The van der Waals surface area contributed by atoms with Gasteiger partial charge in [-0.3, -0.25) is 9.78 Å². The zero-order chi connectivity index (χ0) is 24.2. The SMILES string of the molecule is O=C(CC[C@H](c1ncc(C(F)(F)F)cc1Cl)S(=O)(=O)c1ccccc1)Nc1ccc(Cl)cc1. The zero-order valence-corrected chi connectivity index (χ0v) is 19.1. The van der Waals surface area contributed by atoms with Crippen LogP contribution in [0.5, 0.6) is 0 Å². The summed E-state index contributed by atoms with van der Waals surface area (Å²) in [6.07, 6.45) is -4.67. The zero-order valence-electron chi connectivity index (χ0n) is 16.8. The molecule has 0 aliphatic carbocycles. The van der Waals surface area contributed by atoms with E-state index in [0.717, 1.165) is 0 Å². The van der Waals surface area contributed by atoms with Crippen molar-refractivity contribution in [3.05, 3.63) is 88.2 Å². The highest BCUT2D eigenvalue weighted by atomic mass is 35.5. The van der Waals surface area contributed by atoms with E-state index >= 15 is 0 Å². The molecule has 0 spiro atoms. The molecule has 1 amide bonds. The topological polar surface area (TPSA) is 76.1 Å². The molecule has 1 atom stereocenters. The highest BCUT2D eigenvalue weighted by Crippen LogP contribution is 2.38. The Kier molecular flexibility index (Phi) is 7.66. The summed E-state index contributed by atoms with van der Waals surface area (Å²) in [4.78, 5) is 16.1. The number of hydrogen-bond donors (Lipinski definition) is 1. The number of nitrogens with zero attached hydrogens (tertiary/aromatic N) is 1. The second-order valence-electron chi connectivity index (χ2n) is 7.03. The Hall–Kier alpha value is -2.62. The Morgan fingerprint density at radius 3 is 2.24 bits per heavy atom. The van der Waals surface area contributed by atoms with Crippen LogP contribution in [0, 0.1) is 0 Å². The highest BCUT2D eigenvalue weighted by Gasteiger charge is 2.36. The first-order chi connectivity index (χ1) is 15.5. The van der Waals surface area contributed by atoms with Gasteiger partial charge in [0.2, 0.25) is 5.91 Å². The van der Waals surface area contributed by atoms with Gasteiger partial charge >= 0.3 is 6.18 Å². The van der Waals surface area contributed by atoms with Crippen molar-refractivity contribution >= 4 is 44.6 Å². The van der Waals surface area contributed by atoms with Gasteiger partial charge in [0.25, 0.3) is 0 Å². The fourth-order valence-corrected chi connectivity index (χ4v) is 5.34. The van der Waals surface area contributed by atoms with Crippen LogP contribution >= 0.6 is 23.2 Å². The minimum atomic E-state index is -4.69. The fraction of sp³-hybridized carbons (Fsp3) is 0.182. The average molecular weight is 517 g/mol. The Morgan fingerprint density at radius 1 is 1.03 bits per heavy atom. The standard InChI is InChI=1S/C22H17Cl2F3N2O3S/c23-15-6-8-16(9-7-15)29-20(30)11-10-19(33(31,32)17-4-2-1-3-5-17)21-18(24)12-14(13-28-21)22(25,26)27/h1-9,12-13,19H,10-11H2,(H,29,30)/t19-/m1/s1. The monoisotopic (exact) mass is 516 g/mol. The van der Waals surface area contributed by atoms with Gasteiger partial charge in [-0.25, -0.2) is 8.42 Å². The van der Waals surface area contributed by atoms with E-state index in [1.165, 1.54) is 24.3 Å². The molecule has 174 valence electrons. The van der Waals surface area contributed by atoms with Gasteiger partial charge in [0.15, 0.2) is 9.84 Å². The number of alkyl halides is 3. The van der Waals surface area contributed by atoms with E-state index in [1.807, 2.05) is 0 Å². The molecule has 0 aliphatic heterocycles. The molecule has 2 aromatic carbocycles. The van der Waals surface area contributed by atoms with Crippen molar-refractivity contribution in [2.24, 2.45) is 0 Å². The Labute approximate surface area is 198 Å². The maximum Gasteiger partial charge on any atom is 0.417 e. The van der Waals surface area contributed by atoms with Crippen LogP contribution < -0.4 is 5.32 Å². The molecule has 1 heterocycles. The highest BCUT2D eigenvalue weighted by molar-refractivity contribution is 7.91. The summed E-state index contributed by atoms with van der Waals surface area (Å²) < 4.78 is 65.6. The van der Waals surface area contributed by atoms with Gasteiger partial charge in [-0.1, -0.05) is 41.4 Å². The predicted octanol–water partition coefficient (Wildman–Crippen LogP) is 6.34. The van der Waals surface area contributed by atoms with Crippen molar-refractivity contribution in [2.45, 2.75) is 29.2 Å². The third-order valence-electron chi connectivity index (χ3n) is 4.71. The molecular formula is C22H17Cl2F3N2O3S. The van der Waals surface area contributed by atoms with Gasteiger partial charge in [-0.15, -0.1) is 0 Å². The average Bonchev–Trinajstić information content (AvgIpc) is 2.76. The molecule has 3 aromatic rings. The number of aromatic nitrogens is 1. The van der Waals surface area contributed by atoms with Gasteiger partial charge in [-0.2, -0.15) is 13.2 Å². The first-order valence-electron chi connectivity index (χ1n) is 9.55. The van der Waals surface area contributed by atoms with E-state index in [-0.39, 0.29) is 23.4 Å². The number of rotatable bonds is 7. The summed E-state index contributed by atoms with van der Waals surface area (Å²) in [6, 6.07) is 14.3. The van der Waals surface area contributed by atoms with Crippen LogP contribution in [0.1, 0.15) is 29.3 Å². The maximum atomic E-state index is 13.3. The predicted molar refractivity (Wildman–Crippen MR) is 120 cm³/mol. The third-order valence-corrected chi connectivity index (χ3v) is 7.40. The normalized spacial score (nSPS) is 12.9. The van der Waals surface area contributed by atoms with Crippen LogP contribution in [0.15, 0.2) is 71.8 Å². The largest absolute Gasteiger partial charge is 0.417 e. The lowest BCUT2D eigenvalue weighted by Crippen LogP contribution is -2.20. The summed E-state index contributed by atoms with van der Waals surface area (Å²) in [6.45, 7) is 0. The van der Waals surface area contributed by atoms with Gasteiger partial charge < -0.3 is 5.32 Å². The first-order valence-corrected chi connectivity index (χ1v) is 11.9. The summed E-state index contributed by atoms with van der Waals surface area (Å²) >= 11 is 11.9. The Morgan fingerprint density at radius 2 is 1.67 bits per heavy atom. The molecule has 11 heteroatoms. The van der Waals surface area contributed by atoms with Gasteiger partial charge in [0.1, 0.15) is 5.25 Å². The van der Waals surface area contributed by atoms with E-state index < -0.39 is 37.8 Å². The van der Waals surface area contributed by atoms with Crippen molar-refractivity contribution in [3.63, 3.8) is 0 Å². The summed E-state index contributed by atoms with van der Waals surface area (Å²) in [5, 5.41) is 1.20. The van der Waals surface area contributed by atoms with Crippen molar-refractivity contribution in [2.75, 3.05) is 5.32 Å². The molecule has 33 heavy (non-hydrogen) atoms. The van der Waals surface area contributed by atoms with Crippen LogP contribution in [-0.4, -0.2) is 19.3 Å². The minimum Gasteiger partial charge on any atom is -0.326 e. The lowest BCUT2D eigenvalue weighted by Gasteiger charge is -2.19. The smallest absolute Gasteiger partial charge is 0.326 e. The maximum absolute atomic E-state index is 13.3. The van der Waals surface area contributed by atoms with Crippen molar-refractivity contribution < 1.29 is 26.4 Å². The number of amides is 1. The van der Waals surface area contributed by atoms with E-state index in [4.69, 9.17) is 23.2 Å². The number of benzene rings is 2. The molecule has 1 aromatic heterocycles. The number of pyridine rings is 1. The van der Waals surface area contributed by atoms with E-state index in [2.05, 4.69) is 10.3 Å². The van der Waals surface area contributed by atoms with E-state index in [9.17, 15) is 26.4 Å². The van der Waals surface area contributed by atoms with Crippen LogP contribution in [0.3, 0.4) is 0 Å². The first kappa shape index (κ1) is 25.0. The molecule has 0 aliphatic rings. The summed E-state index contributed by atoms with van der Waals surface area (Å²) in [5.41, 5.74) is -0.905. The lowest BCUT2D eigenvalue weighted by atomic mass is 10.1. The molecule has 5 nitrogen and oxygen atoms in total. The second kappa shape index (κ2) is 10.1. The molecule has 0 saturated carbocycles. The van der Waals surface area contributed by atoms with Crippen molar-refractivity contribution in [3.8, 4) is 0 Å². The molecule has 0 radical (unpaired) electrons. The Balaban J connectivity index is 1.91. The molecule has 0 saturated heterocycles. The van der Waals surface area contributed by atoms with E-state index in [0.29, 0.717) is 23.0 Å². The number of nitrogens with one attached hydrogen (secondary N) is 1. The van der Waals surface area contributed by atoms with Gasteiger partial charge in [0, 0.05) is 23.3 Å². The lowest BCUT2D eigenvalue weighted by molar-refractivity contribution is -0.137. The summed E-state index contributed by atoms with van der Waals surface area (Å²) in [7, 11) is -4.12. The molecule has 0 fully saturated rings. The number of carbonyl (C=O) groups excluding carboxylic acids is 1. The molecule has 1 N–H and O–H groups in total. The quantitative estimate of drug-likeness (QED) is 0.397. The van der Waals surface area contributed by atoms with Crippen LogP contribution in [0.2, 0.25) is 10.0 Å². The minimum absolute atomic E-state index is 0.0640. The Bertz CT molecular complexity index is 1240. The number of sulfone groups is 1. The van der Waals surface area contributed by atoms with E-state index in [1.54, 1.807) is 30.3 Å². The van der Waals surface area contributed by atoms with Crippen LogP contribution in [0.4, 0.5) is 18.9 Å². The van der Waals surface area contributed by atoms with Crippen molar-refractivity contribution in [1.82, 2.24) is 4.98 Å². The molecule has 0 unspecified atom stereocenters. The number of anilines is 1. The second-order valence-corrected chi connectivity index (χ2v) is 10.0. The van der Waals surface area contributed by atoms with Gasteiger partial charge in [0.05, 0.1) is 21.2 Å². The number of hydrogen-bond acceptors (Lipinski definition) is 4. The third kappa shape index (κ3) is 6.25. The van der Waals surface area contributed by atoms with Crippen LogP contribution in [0.25, 0.3) is 0 Å². The van der Waals surface area contributed by atoms with Gasteiger partial charge in [-0.05, 0) is 48.9 Å². The summed E-state index contributed by atoms with van der Waals surface area (Å²) in [5.74, 6) is -0.492.